The number of hydrogen-bond acceptors (Lipinski definition) is 6. The lowest BCUT2D eigenvalue weighted by atomic mass is 10.1. The van der Waals surface area contributed by atoms with Crippen molar-refractivity contribution < 1.29 is 0 Å². The average Bonchev–Trinajstić information content (AvgIpc) is 2.99. The zero-order valence-electron chi connectivity index (χ0n) is 12.6. The highest BCUT2D eigenvalue weighted by Crippen LogP contribution is 2.26. The molecule has 0 aromatic carbocycles. The Labute approximate surface area is 139 Å². The van der Waals surface area contributed by atoms with Crippen LogP contribution in [0.5, 0.6) is 0 Å². The third-order valence-corrected chi connectivity index (χ3v) is 4.30. The molecule has 2 aromatic heterocycles. The molecular weight excluding hydrogens is 308 g/mol. The fraction of sp³-hybridized carbons (Fsp3) is 0.312. The molecule has 0 spiro atoms. The molecule has 2 heterocycles. The largest absolute Gasteiger partial charge is 0.298 e. The number of nitrogens with zero attached hydrogens (tertiary/aromatic N) is 6. The number of rotatable bonds is 8. The minimum atomic E-state index is -0.169. The van der Waals surface area contributed by atoms with Crippen LogP contribution in [0.2, 0.25) is 0 Å². The van der Waals surface area contributed by atoms with Gasteiger partial charge in [-0.05, 0) is 18.6 Å². The second kappa shape index (κ2) is 8.72. The molecule has 0 bridgehead atoms. The van der Waals surface area contributed by atoms with Crippen molar-refractivity contribution in [2.75, 3.05) is 5.75 Å². The summed E-state index contributed by atoms with van der Waals surface area (Å²) in [5.41, 5.74) is 0.933. The molecule has 116 valence electrons. The van der Waals surface area contributed by atoms with Crippen LogP contribution < -0.4 is 0 Å². The summed E-state index contributed by atoms with van der Waals surface area (Å²) in [5, 5.41) is 27.0. The topological polar surface area (TPSA) is 91.2 Å². The van der Waals surface area contributed by atoms with Crippen LogP contribution in [0, 0.1) is 28.6 Å². The zero-order chi connectivity index (χ0) is 16.5. The Morgan fingerprint density at radius 2 is 2.09 bits per heavy atom. The van der Waals surface area contributed by atoms with Gasteiger partial charge < -0.3 is 0 Å². The van der Waals surface area contributed by atoms with E-state index in [2.05, 4.69) is 33.9 Å². The molecule has 0 N–H and O–H groups in total. The molecule has 0 aliphatic carbocycles. The number of pyridine rings is 1. The van der Waals surface area contributed by atoms with Crippen molar-refractivity contribution >= 4 is 11.8 Å². The van der Waals surface area contributed by atoms with E-state index in [-0.39, 0.29) is 5.92 Å². The van der Waals surface area contributed by atoms with E-state index in [0.29, 0.717) is 25.1 Å². The predicted molar refractivity (Wildman–Crippen MR) is 88.1 cm³/mol. The van der Waals surface area contributed by atoms with Crippen LogP contribution in [0.15, 0.2) is 42.3 Å². The lowest BCUT2D eigenvalue weighted by molar-refractivity contribution is 0.679. The Morgan fingerprint density at radius 1 is 1.30 bits per heavy atom. The van der Waals surface area contributed by atoms with Gasteiger partial charge in [-0.25, -0.2) is 0 Å². The van der Waals surface area contributed by atoms with Crippen LogP contribution in [-0.4, -0.2) is 25.5 Å². The second-order valence-corrected chi connectivity index (χ2v) is 5.76. The summed E-state index contributed by atoms with van der Waals surface area (Å²) in [6, 6.07) is 8.07. The van der Waals surface area contributed by atoms with Gasteiger partial charge in [-0.15, -0.1) is 16.8 Å². The number of nitriles is 2. The fourth-order valence-corrected chi connectivity index (χ4v) is 3.01. The van der Waals surface area contributed by atoms with Gasteiger partial charge in [0, 0.05) is 36.7 Å². The van der Waals surface area contributed by atoms with E-state index in [1.807, 2.05) is 16.7 Å². The van der Waals surface area contributed by atoms with E-state index in [1.165, 1.54) is 11.8 Å². The van der Waals surface area contributed by atoms with E-state index >= 15 is 0 Å². The van der Waals surface area contributed by atoms with Crippen molar-refractivity contribution in [1.82, 2.24) is 19.7 Å². The lowest BCUT2D eigenvalue weighted by Crippen LogP contribution is -2.04. The SMILES string of the molecule is C=CCn1c(SC[C@H](C#N)CCC#N)nnc1-c1ccncc1. The van der Waals surface area contributed by atoms with Crippen molar-refractivity contribution in [2.24, 2.45) is 5.92 Å². The summed E-state index contributed by atoms with van der Waals surface area (Å²) in [5.74, 6) is 1.17. The monoisotopic (exact) mass is 324 g/mol. The molecule has 0 aliphatic rings. The molecule has 23 heavy (non-hydrogen) atoms. The molecular formula is C16H16N6S. The third-order valence-electron chi connectivity index (χ3n) is 3.17. The van der Waals surface area contributed by atoms with Gasteiger partial charge in [0.15, 0.2) is 11.0 Å². The van der Waals surface area contributed by atoms with Crippen molar-refractivity contribution in [2.45, 2.75) is 24.5 Å². The minimum Gasteiger partial charge on any atom is -0.298 e. The fourth-order valence-electron chi connectivity index (χ4n) is 2.00. The maximum Gasteiger partial charge on any atom is 0.191 e. The molecule has 0 amide bonds. The predicted octanol–water partition coefficient (Wildman–Crippen LogP) is 3.06. The van der Waals surface area contributed by atoms with E-state index in [1.54, 1.807) is 18.5 Å². The van der Waals surface area contributed by atoms with Crippen molar-refractivity contribution in [3.05, 3.63) is 37.2 Å². The first kappa shape index (κ1) is 16.7. The van der Waals surface area contributed by atoms with Crippen LogP contribution in [0.25, 0.3) is 11.4 Å². The highest BCUT2D eigenvalue weighted by molar-refractivity contribution is 7.99. The van der Waals surface area contributed by atoms with Crippen LogP contribution in [0.4, 0.5) is 0 Å². The normalized spacial score (nSPS) is 11.4. The Balaban J connectivity index is 2.17. The summed E-state index contributed by atoms with van der Waals surface area (Å²) < 4.78 is 1.96. The first-order valence-electron chi connectivity index (χ1n) is 7.14. The molecule has 2 aromatic rings. The quantitative estimate of drug-likeness (QED) is 0.547. The summed E-state index contributed by atoms with van der Waals surface area (Å²) in [4.78, 5) is 4.01. The van der Waals surface area contributed by atoms with Gasteiger partial charge in [-0.1, -0.05) is 17.8 Å². The Morgan fingerprint density at radius 3 is 2.74 bits per heavy atom. The highest BCUT2D eigenvalue weighted by Gasteiger charge is 2.15. The maximum absolute atomic E-state index is 9.15. The van der Waals surface area contributed by atoms with Gasteiger partial charge in [0.1, 0.15) is 0 Å². The molecule has 2 rings (SSSR count). The number of aromatic nitrogens is 4. The smallest absolute Gasteiger partial charge is 0.191 e. The Bertz CT molecular complexity index is 725. The molecule has 1 atom stereocenters. The third kappa shape index (κ3) is 4.41. The van der Waals surface area contributed by atoms with Crippen molar-refractivity contribution in [3.8, 4) is 23.5 Å². The minimum absolute atomic E-state index is 0.169. The standard InChI is InChI=1S/C16H16N6S/c1-2-10-22-15(14-5-8-19-9-6-14)20-21-16(22)23-12-13(11-18)4-3-7-17/h2,5-6,8-9,13H,1,3-4,10,12H2/t13-/m0/s1. The lowest BCUT2D eigenvalue weighted by Gasteiger charge is -2.09. The van der Waals surface area contributed by atoms with Crippen molar-refractivity contribution in [3.63, 3.8) is 0 Å². The van der Waals surface area contributed by atoms with Crippen LogP contribution >= 0.6 is 11.8 Å². The van der Waals surface area contributed by atoms with Gasteiger partial charge in [0.05, 0.1) is 18.1 Å². The van der Waals surface area contributed by atoms with Gasteiger partial charge >= 0.3 is 0 Å². The number of hydrogen-bond donors (Lipinski definition) is 0. The molecule has 7 heteroatoms. The molecule has 0 aliphatic heterocycles. The second-order valence-electron chi connectivity index (χ2n) is 4.78. The van der Waals surface area contributed by atoms with Crippen molar-refractivity contribution in [1.29, 1.82) is 10.5 Å². The first-order valence-corrected chi connectivity index (χ1v) is 8.12. The summed E-state index contributed by atoms with van der Waals surface area (Å²) in [6.45, 7) is 4.36. The van der Waals surface area contributed by atoms with Crippen LogP contribution in [0.3, 0.4) is 0 Å². The summed E-state index contributed by atoms with van der Waals surface area (Å²) in [7, 11) is 0. The average molecular weight is 324 g/mol. The van der Waals surface area contributed by atoms with Gasteiger partial charge in [-0.2, -0.15) is 10.5 Å². The van der Waals surface area contributed by atoms with Gasteiger partial charge in [-0.3, -0.25) is 9.55 Å². The highest BCUT2D eigenvalue weighted by atomic mass is 32.2. The molecule has 0 saturated carbocycles. The molecule has 0 unspecified atom stereocenters. The summed E-state index contributed by atoms with van der Waals surface area (Å²) in [6.07, 6.45) is 6.17. The number of allylic oxidation sites excluding steroid dienone is 1. The molecule has 0 fully saturated rings. The number of thioether (sulfide) groups is 1. The Hall–Kier alpha value is -2.64. The van der Waals surface area contributed by atoms with E-state index in [4.69, 9.17) is 10.5 Å². The molecule has 0 radical (unpaired) electrons. The Kier molecular flexibility index (Phi) is 6.34. The van der Waals surface area contributed by atoms with Gasteiger partial charge in [0.2, 0.25) is 0 Å². The van der Waals surface area contributed by atoms with Crippen LogP contribution in [-0.2, 0) is 6.54 Å². The summed E-state index contributed by atoms with van der Waals surface area (Å²) >= 11 is 1.48. The van der Waals surface area contributed by atoms with E-state index in [0.717, 1.165) is 16.5 Å². The maximum atomic E-state index is 9.15. The molecule has 0 saturated heterocycles. The zero-order valence-corrected chi connectivity index (χ0v) is 13.4. The molecule has 6 nitrogen and oxygen atoms in total. The van der Waals surface area contributed by atoms with E-state index in [9.17, 15) is 0 Å². The van der Waals surface area contributed by atoms with Gasteiger partial charge in [0.25, 0.3) is 0 Å². The van der Waals surface area contributed by atoms with Crippen LogP contribution in [0.1, 0.15) is 12.8 Å². The van der Waals surface area contributed by atoms with E-state index < -0.39 is 0 Å². The first-order chi connectivity index (χ1) is 11.3.